The lowest BCUT2D eigenvalue weighted by molar-refractivity contribution is -0.0509. The lowest BCUT2D eigenvalue weighted by Gasteiger charge is -2.17. The summed E-state index contributed by atoms with van der Waals surface area (Å²) in [6.45, 7) is -0.374. The number of hydrogen-bond donors (Lipinski definition) is 4. The van der Waals surface area contributed by atoms with Crippen molar-refractivity contribution in [3.8, 4) is 0 Å². The lowest BCUT2D eigenvalue weighted by atomic mass is 10.1. The molecule has 9 heteroatoms. The molecule has 1 aliphatic heterocycles. The Labute approximate surface area is 162 Å². The normalized spacial score (nSPS) is 25.7. The van der Waals surface area contributed by atoms with E-state index in [1.54, 1.807) is 10.8 Å². The van der Waals surface area contributed by atoms with Gasteiger partial charge in [0, 0.05) is 15.5 Å². The molecule has 4 rings (SSSR count). The molecule has 1 aromatic carbocycles. The van der Waals surface area contributed by atoms with Crippen LogP contribution < -0.4 is 5.32 Å². The van der Waals surface area contributed by atoms with Crippen molar-refractivity contribution in [1.29, 1.82) is 0 Å². The Hall–Kier alpha value is -1.79. The molecule has 4 atom stereocenters. The van der Waals surface area contributed by atoms with Crippen LogP contribution in [0.1, 0.15) is 6.23 Å². The summed E-state index contributed by atoms with van der Waals surface area (Å²) in [5, 5.41) is 33.7. The molecule has 1 aliphatic rings. The molecule has 1 saturated heterocycles. The maximum atomic E-state index is 10.3. The highest BCUT2D eigenvalue weighted by molar-refractivity contribution is 14.1. The third-order valence-electron chi connectivity index (χ3n) is 4.39. The summed E-state index contributed by atoms with van der Waals surface area (Å²) in [5.41, 5.74) is 1.46. The summed E-state index contributed by atoms with van der Waals surface area (Å²) in [6, 6.07) is 9.66. The molecule has 8 nitrogen and oxygen atoms in total. The van der Waals surface area contributed by atoms with Gasteiger partial charge < -0.3 is 29.9 Å². The zero-order valence-corrected chi connectivity index (χ0v) is 15.7. The molecule has 0 radical (unpaired) electrons. The molecule has 1 fully saturated rings. The molecule has 0 amide bonds. The topological polar surface area (TPSA) is 113 Å². The molecule has 3 heterocycles. The first-order valence-corrected chi connectivity index (χ1v) is 9.13. The number of benzene rings is 1. The van der Waals surface area contributed by atoms with Gasteiger partial charge in [-0.3, -0.25) is 0 Å². The minimum Gasteiger partial charge on any atom is -0.394 e. The maximum absolute atomic E-state index is 10.3. The SMILES string of the molecule is OC[C@H]1O[C@@H](n2cc(I)c3c(Nc4ccccc4)ncnc32)[C@@H](O)[C@H]1O. The number of aliphatic hydroxyl groups excluding tert-OH is 3. The van der Waals surface area contributed by atoms with E-state index >= 15 is 0 Å². The first-order chi connectivity index (χ1) is 12.6. The van der Waals surface area contributed by atoms with E-state index < -0.39 is 24.5 Å². The predicted octanol–water partition coefficient (Wildman–Crippen LogP) is 1.39. The fourth-order valence-corrected chi connectivity index (χ4v) is 3.89. The van der Waals surface area contributed by atoms with Crippen LogP contribution in [0, 0.1) is 3.57 Å². The van der Waals surface area contributed by atoms with Crippen LogP contribution in [0.25, 0.3) is 11.0 Å². The van der Waals surface area contributed by atoms with E-state index in [9.17, 15) is 15.3 Å². The van der Waals surface area contributed by atoms with Gasteiger partial charge in [-0.25, -0.2) is 9.97 Å². The second-order valence-electron chi connectivity index (χ2n) is 6.03. The van der Waals surface area contributed by atoms with Crippen molar-refractivity contribution < 1.29 is 20.1 Å². The largest absolute Gasteiger partial charge is 0.394 e. The van der Waals surface area contributed by atoms with E-state index in [-0.39, 0.29) is 6.61 Å². The standard InChI is InChI=1S/C17H17IN4O4/c18-10-6-22(17-14(25)13(24)11(7-23)26-17)16-12(10)15(19-8-20-16)21-9-4-2-1-3-5-9/h1-6,8,11,13-14,17,23-25H,7H2,(H,19,20,21)/t11-,13+,14+,17-/m1/s1. The number of hydrogen-bond acceptors (Lipinski definition) is 7. The quantitative estimate of drug-likeness (QED) is 0.429. The van der Waals surface area contributed by atoms with Crippen LogP contribution in [0.2, 0.25) is 0 Å². The highest BCUT2D eigenvalue weighted by Crippen LogP contribution is 2.36. The highest BCUT2D eigenvalue weighted by atomic mass is 127. The number of aromatic nitrogens is 3. The molecule has 0 saturated carbocycles. The number of nitrogens with zero attached hydrogens (tertiary/aromatic N) is 3. The van der Waals surface area contributed by atoms with Crippen LogP contribution in [0.4, 0.5) is 11.5 Å². The summed E-state index contributed by atoms with van der Waals surface area (Å²) in [7, 11) is 0. The molecule has 3 aromatic rings. The number of rotatable bonds is 4. The second-order valence-corrected chi connectivity index (χ2v) is 7.19. The van der Waals surface area contributed by atoms with E-state index in [0.717, 1.165) is 14.6 Å². The predicted molar refractivity (Wildman–Crippen MR) is 103 cm³/mol. The number of halogens is 1. The smallest absolute Gasteiger partial charge is 0.164 e. The zero-order valence-electron chi connectivity index (χ0n) is 13.5. The van der Waals surface area contributed by atoms with Gasteiger partial charge in [-0.1, -0.05) is 18.2 Å². The van der Waals surface area contributed by atoms with Gasteiger partial charge >= 0.3 is 0 Å². The molecule has 0 unspecified atom stereocenters. The molecule has 0 aliphatic carbocycles. The Morgan fingerprint density at radius 1 is 1.15 bits per heavy atom. The summed E-state index contributed by atoms with van der Waals surface area (Å²) in [4.78, 5) is 8.67. The van der Waals surface area contributed by atoms with Gasteiger partial charge in [0.2, 0.25) is 0 Å². The number of para-hydroxylation sites is 1. The van der Waals surface area contributed by atoms with Crippen LogP contribution in [0.5, 0.6) is 0 Å². The van der Waals surface area contributed by atoms with Gasteiger partial charge in [0.05, 0.1) is 12.0 Å². The summed E-state index contributed by atoms with van der Waals surface area (Å²) < 4.78 is 8.16. The average Bonchev–Trinajstić information content (AvgIpc) is 3.14. The fraction of sp³-hybridized carbons (Fsp3) is 0.294. The Kier molecular flexibility index (Phi) is 4.80. The molecule has 0 bridgehead atoms. The first kappa shape index (κ1) is 17.6. The van der Waals surface area contributed by atoms with Crippen LogP contribution in [-0.2, 0) is 4.74 Å². The van der Waals surface area contributed by atoms with Crippen molar-refractivity contribution in [2.45, 2.75) is 24.5 Å². The van der Waals surface area contributed by atoms with Gasteiger partial charge in [0.15, 0.2) is 6.23 Å². The van der Waals surface area contributed by atoms with E-state index in [4.69, 9.17) is 4.74 Å². The molecule has 136 valence electrons. The summed E-state index contributed by atoms with van der Waals surface area (Å²) >= 11 is 2.17. The van der Waals surface area contributed by atoms with Gasteiger partial charge in [0.25, 0.3) is 0 Å². The Bertz CT molecular complexity index is 920. The Balaban J connectivity index is 1.76. The van der Waals surface area contributed by atoms with Crippen molar-refractivity contribution in [2.24, 2.45) is 0 Å². The fourth-order valence-electron chi connectivity index (χ4n) is 3.10. The number of nitrogens with one attached hydrogen (secondary N) is 1. The summed E-state index contributed by atoms with van der Waals surface area (Å²) in [5.74, 6) is 0.635. The van der Waals surface area contributed by atoms with E-state index in [0.29, 0.717) is 11.5 Å². The van der Waals surface area contributed by atoms with Gasteiger partial charge in [-0.05, 0) is 34.7 Å². The van der Waals surface area contributed by atoms with Crippen molar-refractivity contribution in [2.75, 3.05) is 11.9 Å². The maximum Gasteiger partial charge on any atom is 0.164 e. The third kappa shape index (κ3) is 2.95. The Morgan fingerprint density at radius 2 is 1.92 bits per heavy atom. The number of fused-ring (bicyclic) bond motifs is 1. The molecule has 26 heavy (non-hydrogen) atoms. The minimum atomic E-state index is -1.17. The van der Waals surface area contributed by atoms with E-state index in [2.05, 4.69) is 37.9 Å². The molecular formula is C17H17IN4O4. The highest BCUT2D eigenvalue weighted by Gasteiger charge is 2.44. The molecule has 4 N–H and O–H groups in total. The van der Waals surface area contributed by atoms with Crippen LogP contribution in [-0.4, -0.2) is 54.8 Å². The van der Waals surface area contributed by atoms with Crippen LogP contribution in [0.15, 0.2) is 42.9 Å². The summed E-state index contributed by atoms with van der Waals surface area (Å²) in [6.07, 6.45) is -0.790. The van der Waals surface area contributed by atoms with Crippen molar-refractivity contribution in [1.82, 2.24) is 14.5 Å². The van der Waals surface area contributed by atoms with Crippen LogP contribution >= 0.6 is 22.6 Å². The van der Waals surface area contributed by atoms with Crippen molar-refractivity contribution in [3.05, 3.63) is 46.4 Å². The van der Waals surface area contributed by atoms with Gasteiger partial charge in [-0.15, -0.1) is 0 Å². The number of anilines is 2. The molecular weight excluding hydrogens is 451 g/mol. The lowest BCUT2D eigenvalue weighted by Crippen LogP contribution is -2.33. The van der Waals surface area contributed by atoms with Crippen molar-refractivity contribution >= 4 is 45.1 Å². The third-order valence-corrected chi connectivity index (χ3v) is 5.21. The van der Waals surface area contributed by atoms with Crippen molar-refractivity contribution in [3.63, 3.8) is 0 Å². The number of aliphatic hydroxyl groups is 3. The van der Waals surface area contributed by atoms with Gasteiger partial charge in [-0.2, -0.15) is 0 Å². The average molecular weight is 468 g/mol. The number of ether oxygens (including phenoxy) is 1. The second kappa shape index (κ2) is 7.08. The first-order valence-electron chi connectivity index (χ1n) is 8.05. The Morgan fingerprint density at radius 3 is 2.62 bits per heavy atom. The monoisotopic (exact) mass is 468 g/mol. The minimum absolute atomic E-state index is 0.374. The van der Waals surface area contributed by atoms with E-state index in [1.165, 1.54) is 6.33 Å². The van der Waals surface area contributed by atoms with E-state index in [1.807, 2.05) is 30.3 Å². The van der Waals surface area contributed by atoms with Crippen LogP contribution in [0.3, 0.4) is 0 Å². The van der Waals surface area contributed by atoms with Gasteiger partial charge in [0.1, 0.15) is 36.1 Å². The molecule has 2 aromatic heterocycles. The zero-order chi connectivity index (χ0) is 18.3. The molecule has 0 spiro atoms.